The molecule has 0 radical (unpaired) electrons. The highest BCUT2D eigenvalue weighted by atomic mass is 19.1. The molecule has 0 saturated carbocycles. The van der Waals surface area contributed by atoms with E-state index >= 15 is 0 Å². The van der Waals surface area contributed by atoms with E-state index in [0.29, 0.717) is 0 Å². The third-order valence-corrected chi connectivity index (χ3v) is 5.26. The lowest BCUT2D eigenvalue weighted by atomic mass is 9.98. The van der Waals surface area contributed by atoms with Crippen molar-refractivity contribution < 1.29 is 23.8 Å². The van der Waals surface area contributed by atoms with Crippen molar-refractivity contribution >= 4 is 18.1 Å². The third-order valence-electron chi connectivity index (χ3n) is 5.26. The Hall–Kier alpha value is -3.93. The molecule has 5 nitrogen and oxygen atoms in total. The smallest absolute Gasteiger partial charge is 0.407 e. The molecule has 0 aromatic heterocycles. The molecule has 0 spiro atoms. The summed E-state index contributed by atoms with van der Waals surface area (Å²) >= 11 is 0. The van der Waals surface area contributed by atoms with Crippen LogP contribution in [0.2, 0.25) is 0 Å². The molecule has 0 heterocycles. The number of carbonyl (C=O) groups excluding carboxylic acids is 1. The van der Waals surface area contributed by atoms with Crippen LogP contribution >= 0.6 is 0 Å². The number of halogens is 1. The Labute approximate surface area is 178 Å². The summed E-state index contributed by atoms with van der Waals surface area (Å²) in [6.45, 7) is 0.326. The molecule has 1 aliphatic rings. The van der Waals surface area contributed by atoms with Crippen LogP contribution in [-0.4, -0.2) is 30.3 Å². The highest BCUT2D eigenvalue weighted by molar-refractivity contribution is 5.88. The second-order valence-electron chi connectivity index (χ2n) is 7.12. The van der Waals surface area contributed by atoms with Gasteiger partial charge in [-0.1, -0.05) is 72.8 Å². The van der Waals surface area contributed by atoms with Crippen molar-refractivity contribution in [2.24, 2.45) is 0 Å². The maximum atomic E-state index is 14.1. The van der Waals surface area contributed by atoms with Crippen molar-refractivity contribution in [2.45, 2.75) is 5.92 Å². The number of aromatic carboxylic acids is 1. The molecule has 0 fully saturated rings. The first-order valence-electron chi connectivity index (χ1n) is 9.83. The Balaban J connectivity index is 1.34. The number of rotatable bonds is 6. The van der Waals surface area contributed by atoms with E-state index in [4.69, 9.17) is 9.84 Å². The summed E-state index contributed by atoms with van der Waals surface area (Å²) in [6.07, 6.45) is 2.38. The maximum Gasteiger partial charge on any atom is 0.407 e. The van der Waals surface area contributed by atoms with Gasteiger partial charge in [-0.15, -0.1) is 0 Å². The number of hydrogen-bond acceptors (Lipinski definition) is 3. The van der Waals surface area contributed by atoms with Gasteiger partial charge in [0.1, 0.15) is 12.4 Å². The van der Waals surface area contributed by atoms with Crippen LogP contribution in [0.3, 0.4) is 0 Å². The lowest BCUT2D eigenvalue weighted by Crippen LogP contribution is -2.26. The van der Waals surface area contributed by atoms with Gasteiger partial charge < -0.3 is 15.2 Å². The quantitative estimate of drug-likeness (QED) is 0.587. The van der Waals surface area contributed by atoms with Crippen LogP contribution in [0, 0.1) is 5.82 Å². The highest BCUT2D eigenvalue weighted by Crippen LogP contribution is 2.44. The number of ether oxygens (including phenoxy) is 1. The summed E-state index contributed by atoms with van der Waals surface area (Å²) in [7, 11) is 0. The molecule has 0 atom stereocenters. The van der Waals surface area contributed by atoms with Gasteiger partial charge in [-0.25, -0.2) is 14.0 Å². The van der Waals surface area contributed by atoms with Crippen molar-refractivity contribution in [3.05, 3.63) is 101 Å². The standard InChI is InChI=1S/C25H20FNO4/c26-23-16(7-5-13-21(23)24(28)29)8-6-14-27-25(30)31-15-22-19-11-3-1-9-17(19)18-10-2-4-12-20(18)22/h1-13,22H,14-15H2,(H,27,30)(H,28,29). The minimum atomic E-state index is -1.33. The first-order valence-corrected chi connectivity index (χ1v) is 9.83. The van der Waals surface area contributed by atoms with Crippen molar-refractivity contribution in [2.75, 3.05) is 13.2 Å². The summed E-state index contributed by atoms with van der Waals surface area (Å²) in [5.74, 6) is -2.17. The molecule has 3 aromatic carbocycles. The van der Waals surface area contributed by atoms with Crippen LogP contribution in [-0.2, 0) is 4.74 Å². The zero-order valence-corrected chi connectivity index (χ0v) is 16.5. The fourth-order valence-corrected chi connectivity index (χ4v) is 3.82. The Morgan fingerprint density at radius 2 is 1.61 bits per heavy atom. The van der Waals surface area contributed by atoms with Gasteiger partial charge in [-0.05, 0) is 28.3 Å². The van der Waals surface area contributed by atoms with Crippen LogP contribution in [0.4, 0.5) is 9.18 Å². The normalized spacial score (nSPS) is 12.4. The highest BCUT2D eigenvalue weighted by Gasteiger charge is 2.28. The number of fused-ring (bicyclic) bond motifs is 3. The average molecular weight is 417 g/mol. The maximum absolute atomic E-state index is 14.1. The van der Waals surface area contributed by atoms with Crippen LogP contribution in [0.5, 0.6) is 0 Å². The SMILES string of the molecule is O=C(NCC=Cc1cccc(C(=O)O)c1F)OCC1c2ccccc2-c2ccccc21. The Bertz CT molecular complexity index is 1130. The van der Waals surface area contributed by atoms with Gasteiger partial charge in [0.25, 0.3) is 0 Å². The number of hydrogen-bond donors (Lipinski definition) is 2. The zero-order valence-electron chi connectivity index (χ0n) is 16.5. The molecule has 0 saturated heterocycles. The molecule has 2 N–H and O–H groups in total. The number of amides is 1. The predicted octanol–water partition coefficient (Wildman–Crippen LogP) is 5.08. The molecule has 1 amide bonds. The number of carboxylic acids is 1. The zero-order chi connectivity index (χ0) is 21.8. The third kappa shape index (κ3) is 4.19. The molecule has 0 bridgehead atoms. The summed E-state index contributed by atoms with van der Waals surface area (Å²) in [5.41, 5.74) is 4.30. The molecule has 156 valence electrons. The van der Waals surface area contributed by atoms with Gasteiger partial charge in [-0.2, -0.15) is 0 Å². The van der Waals surface area contributed by atoms with Crippen LogP contribution in [0.1, 0.15) is 33.0 Å². The lowest BCUT2D eigenvalue weighted by Gasteiger charge is -2.14. The largest absolute Gasteiger partial charge is 0.478 e. The molecule has 0 unspecified atom stereocenters. The van der Waals surface area contributed by atoms with Crippen LogP contribution < -0.4 is 5.32 Å². The Kier molecular flexibility index (Phi) is 5.80. The summed E-state index contributed by atoms with van der Waals surface area (Å²) in [6, 6.07) is 20.3. The van der Waals surface area contributed by atoms with E-state index in [-0.39, 0.29) is 24.6 Å². The molecular weight excluding hydrogens is 397 g/mol. The number of carboxylic acid groups (broad SMARTS) is 1. The average Bonchev–Trinajstić information content (AvgIpc) is 3.10. The number of alkyl carbamates (subject to hydrolysis) is 1. The minimum absolute atomic E-state index is 0.0263. The van der Waals surface area contributed by atoms with Gasteiger partial charge in [0.05, 0.1) is 5.56 Å². The fourth-order valence-electron chi connectivity index (χ4n) is 3.82. The Morgan fingerprint density at radius 3 is 2.26 bits per heavy atom. The van der Waals surface area contributed by atoms with Crippen molar-refractivity contribution in [3.63, 3.8) is 0 Å². The van der Waals surface area contributed by atoms with E-state index in [1.807, 2.05) is 36.4 Å². The molecule has 1 aliphatic carbocycles. The van der Waals surface area contributed by atoms with Gasteiger partial charge in [-0.3, -0.25) is 0 Å². The van der Waals surface area contributed by atoms with E-state index in [0.717, 1.165) is 22.3 Å². The molecule has 4 rings (SSSR count). The number of nitrogens with one attached hydrogen (secondary N) is 1. The van der Waals surface area contributed by atoms with Gasteiger partial charge in [0, 0.05) is 18.0 Å². The van der Waals surface area contributed by atoms with Gasteiger partial charge >= 0.3 is 12.1 Å². The van der Waals surface area contributed by atoms with E-state index in [9.17, 15) is 14.0 Å². The second kappa shape index (κ2) is 8.83. The van der Waals surface area contributed by atoms with E-state index in [1.54, 1.807) is 0 Å². The molecular formula is C25H20FNO4. The lowest BCUT2D eigenvalue weighted by molar-refractivity contribution is 0.0691. The van der Waals surface area contributed by atoms with Crippen molar-refractivity contribution in [1.82, 2.24) is 5.32 Å². The van der Waals surface area contributed by atoms with E-state index < -0.39 is 23.4 Å². The van der Waals surface area contributed by atoms with Crippen LogP contribution in [0.15, 0.2) is 72.8 Å². The minimum Gasteiger partial charge on any atom is -0.478 e. The number of carbonyl (C=O) groups is 2. The molecule has 31 heavy (non-hydrogen) atoms. The number of benzene rings is 3. The molecule has 6 heteroatoms. The predicted molar refractivity (Wildman–Crippen MR) is 115 cm³/mol. The first-order chi connectivity index (χ1) is 15.1. The molecule has 0 aliphatic heterocycles. The monoisotopic (exact) mass is 417 g/mol. The van der Waals surface area contributed by atoms with Crippen LogP contribution in [0.25, 0.3) is 17.2 Å². The van der Waals surface area contributed by atoms with Crippen molar-refractivity contribution in [3.8, 4) is 11.1 Å². The fraction of sp³-hybridized carbons (Fsp3) is 0.120. The van der Waals surface area contributed by atoms with Gasteiger partial charge in [0.2, 0.25) is 0 Å². The summed E-state index contributed by atoms with van der Waals surface area (Å²) in [5, 5.41) is 11.6. The second-order valence-corrected chi connectivity index (χ2v) is 7.12. The first kappa shape index (κ1) is 20.3. The van der Waals surface area contributed by atoms with Gasteiger partial charge in [0.15, 0.2) is 0 Å². The van der Waals surface area contributed by atoms with Crippen molar-refractivity contribution in [1.29, 1.82) is 0 Å². The van der Waals surface area contributed by atoms with E-state index in [1.165, 1.54) is 30.4 Å². The summed E-state index contributed by atoms with van der Waals surface area (Å²) in [4.78, 5) is 23.1. The Morgan fingerprint density at radius 1 is 0.968 bits per heavy atom. The molecule has 3 aromatic rings. The van der Waals surface area contributed by atoms with E-state index in [2.05, 4.69) is 17.4 Å². The topological polar surface area (TPSA) is 75.6 Å². The summed E-state index contributed by atoms with van der Waals surface area (Å²) < 4.78 is 19.5.